The van der Waals surface area contributed by atoms with Gasteiger partial charge in [-0.3, -0.25) is 9.36 Å². The van der Waals surface area contributed by atoms with Crippen molar-refractivity contribution in [3.05, 3.63) is 61.0 Å². The minimum atomic E-state index is -0.00492. The van der Waals surface area contributed by atoms with Gasteiger partial charge >= 0.3 is 0 Å². The molecule has 1 saturated carbocycles. The molecule has 0 unspecified atom stereocenters. The molecule has 2 aromatic rings. The van der Waals surface area contributed by atoms with Crippen LogP contribution in [0, 0.1) is 11.8 Å². The van der Waals surface area contributed by atoms with Gasteiger partial charge in [0.1, 0.15) is 6.33 Å². The fourth-order valence-corrected chi connectivity index (χ4v) is 4.18. The van der Waals surface area contributed by atoms with Gasteiger partial charge in [0.05, 0.1) is 11.0 Å². The Morgan fingerprint density at radius 2 is 1.94 bits per heavy atom. The third kappa shape index (κ3) is 6.95. The number of aromatic nitrogens is 2. The molecular formula is C27H39N3O. The molecule has 1 heterocycles. The summed E-state index contributed by atoms with van der Waals surface area (Å²) in [6.07, 6.45) is 17.1. The van der Waals surface area contributed by atoms with Crippen molar-refractivity contribution >= 4 is 22.6 Å². The zero-order valence-electron chi connectivity index (χ0n) is 19.7. The first-order valence-corrected chi connectivity index (χ1v) is 11.8. The molecule has 1 aromatic carbocycles. The molecule has 168 valence electrons. The first kappa shape index (κ1) is 24.6. The number of hydrogen-bond acceptors (Lipinski definition) is 2. The highest BCUT2D eigenvalue weighted by Gasteiger charge is 2.16. The molecule has 1 amide bonds. The van der Waals surface area contributed by atoms with E-state index in [1.165, 1.54) is 38.5 Å². The lowest BCUT2D eigenvalue weighted by atomic mass is 9.86. The van der Waals surface area contributed by atoms with Crippen molar-refractivity contribution in [3.63, 3.8) is 0 Å². The zero-order chi connectivity index (χ0) is 22.6. The predicted molar refractivity (Wildman–Crippen MR) is 133 cm³/mol. The van der Waals surface area contributed by atoms with E-state index >= 15 is 0 Å². The summed E-state index contributed by atoms with van der Waals surface area (Å²) >= 11 is 0. The van der Waals surface area contributed by atoms with Crippen LogP contribution in [0.3, 0.4) is 0 Å². The summed E-state index contributed by atoms with van der Waals surface area (Å²) in [4.78, 5) is 17.2. The summed E-state index contributed by atoms with van der Waals surface area (Å²) in [7, 11) is 0. The van der Waals surface area contributed by atoms with Crippen molar-refractivity contribution in [3.8, 4) is 0 Å². The summed E-state index contributed by atoms with van der Waals surface area (Å²) in [5.74, 6) is 1.45. The van der Waals surface area contributed by atoms with Crippen LogP contribution in [-0.4, -0.2) is 22.0 Å². The predicted octanol–water partition coefficient (Wildman–Crippen LogP) is 7.00. The van der Waals surface area contributed by atoms with Gasteiger partial charge < -0.3 is 5.32 Å². The van der Waals surface area contributed by atoms with E-state index in [1.807, 2.05) is 61.8 Å². The molecule has 0 radical (unpaired) electrons. The third-order valence-corrected chi connectivity index (χ3v) is 5.96. The average Bonchev–Trinajstić information content (AvgIpc) is 3.20. The SMILES string of the molecule is C=C/C=C\C(=C/C)n1cnc2cc(C(=O)NCC3CCCC(C)CCC3)ccc21.CC. The largest absolute Gasteiger partial charge is 0.352 e. The molecule has 4 heteroatoms. The molecule has 0 spiro atoms. The van der Waals surface area contributed by atoms with Crippen molar-refractivity contribution < 1.29 is 4.79 Å². The number of imidazole rings is 1. The van der Waals surface area contributed by atoms with Crippen molar-refractivity contribution in [1.29, 1.82) is 0 Å². The highest BCUT2D eigenvalue weighted by Crippen LogP contribution is 2.25. The lowest BCUT2D eigenvalue weighted by Gasteiger charge is -2.22. The van der Waals surface area contributed by atoms with Gasteiger partial charge in [0.25, 0.3) is 5.91 Å². The number of benzene rings is 1. The Morgan fingerprint density at radius 3 is 2.58 bits per heavy atom. The molecular weight excluding hydrogens is 382 g/mol. The van der Waals surface area contributed by atoms with E-state index in [9.17, 15) is 4.79 Å². The second-order valence-electron chi connectivity index (χ2n) is 8.17. The number of hydrogen-bond donors (Lipinski definition) is 1. The summed E-state index contributed by atoms with van der Waals surface area (Å²) in [6.45, 7) is 12.8. The number of nitrogens with zero attached hydrogens (tertiary/aromatic N) is 2. The standard InChI is InChI=1S/C25H33N3O.C2H6/c1-4-6-13-22(5-2)28-18-27-23-16-21(14-15-24(23)28)25(29)26-17-20-11-7-9-19(3)10-8-12-20;1-2/h4-6,13-16,18-20H,1,7-12,17H2,2-3H3,(H,26,29);1-2H3/b13-6-,22-5+;. The van der Waals surface area contributed by atoms with E-state index in [0.717, 1.165) is 29.2 Å². The van der Waals surface area contributed by atoms with E-state index in [-0.39, 0.29) is 5.91 Å². The maximum Gasteiger partial charge on any atom is 0.251 e. The van der Waals surface area contributed by atoms with Gasteiger partial charge in [-0.15, -0.1) is 0 Å². The maximum atomic E-state index is 12.7. The van der Waals surface area contributed by atoms with Gasteiger partial charge in [0.2, 0.25) is 0 Å². The van der Waals surface area contributed by atoms with Gasteiger partial charge in [-0.2, -0.15) is 0 Å². The summed E-state index contributed by atoms with van der Waals surface area (Å²) in [5.41, 5.74) is 3.50. The van der Waals surface area contributed by atoms with Crippen molar-refractivity contribution in [2.45, 2.75) is 66.2 Å². The van der Waals surface area contributed by atoms with Gasteiger partial charge in [-0.25, -0.2) is 4.98 Å². The molecule has 0 aliphatic heterocycles. The van der Waals surface area contributed by atoms with Crippen LogP contribution in [0.5, 0.6) is 0 Å². The average molecular weight is 422 g/mol. The molecule has 1 fully saturated rings. The highest BCUT2D eigenvalue weighted by atomic mass is 16.1. The van der Waals surface area contributed by atoms with E-state index in [1.54, 1.807) is 12.4 Å². The van der Waals surface area contributed by atoms with Crippen LogP contribution in [0.25, 0.3) is 16.7 Å². The van der Waals surface area contributed by atoms with Crippen molar-refractivity contribution in [1.82, 2.24) is 14.9 Å². The fraction of sp³-hybridized carbons (Fsp3) is 0.481. The minimum absolute atomic E-state index is 0.00492. The number of carbonyl (C=O) groups excluding carboxylic acids is 1. The summed E-state index contributed by atoms with van der Waals surface area (Å²) in [6, 6.07) is 5.74. The summed E-state index contributed by atoms with van der Waals surface area (Å²) in [5, 5.41) is 3.15. The van der Waals surface area contributed by atoms with Gasteiger partial charge in [0.15, 0.2) is 0 Å². The van der Waals surface area contributed by atoms with E-state index in [2.05, 4.69) is 23.8 Å². The number of rotatable bonds is 6. The Hall–Kier alpha value is -2.62. The third-order valence-electron chi connectivity index (χ3n) is 5.96. The second kappa shape index (κ2) is 12.9. The Balaban J connectivity index is 0.00000166. The zero-order valence-corrected chi connectivity index (χ0v) is 19.7. The molecule has 1 aromatic heterocycles. The van der Waals surface area contributed by atoms with E-state index in [0.29, 0.717) is 11.5 Å². The fourth-order valence-electron chi connectivity index (χ4n) is 4.18. The number of nitrogens with one attached hydrogen (secondary N) is 1. The number of allylic oxidation sites excluding steroid dienone is 5. The first-order chi connectivity index (χ1) is 15.1. The lowest BCUT2D eigenvalue weighted by molar-refractivity contribution is 0.0944. The van der Waals surface area contributed by atoms with Crippen LogP contribution in [0.2, 0.25) is 0 Å². The number of amides is 1. The van der Waals surface area contributed by atoms with E-state index in [4.69, 9.17) is 0 Å². The maximum absolute atomic E-state index is 12.7. The first-order valence-electron chi connectivity index (χ1n) is 11.8. The van der Waals surface area contributed by atoms with Crippen LogP contribution < -0.4 is 5.32 Å². The molecule has 0 atom stereocenters. The molecule has 4 nitrogen and oxygen atoms in total. The Morgan fingerprint density at radius 1 is 1.23 bits per heavy atom. The van der Waals surface area contributed by atoms with Gasteiger partial charge in [-0.05, 0) is 55.9 Å². The van der Waals surface area contributed by atoms with E-state index < -0.39 is 0 Å². The van der Waals surface area contributed by atoms with Gasteiger partial charge in [0, 0.05) is 17.8 Å². The molecule has 1 N–H and O–H groups in total. The van der Waals surface area contributed by atoms with Gasteiger partial charge in [-0.1, -0.05) is 71.3 Å². The molecule has 1 aliphatic rings. The van der Waals surface area contributed by atoms with Crippen LogP contribution in [0.15, 0.2) is 55.4 Å². The highest BCUT2D eigenvalue weighted by molar-refractivity contribution is 5.97. The van der Waals surface area contributed by atoms with Crippen LogP contribution in [-0.2, 0) is 0 Å². The quantitative estimate of drug-likeness (QED) is 0.510. The topological polar surface area (TPSA) is 46.9 Å². The molecule has 3 rings (SSSR count). The lowest BCUT2D eigenvalue weighted by Crippen LogP contribution is -2.29. The monoisotopic (exact) mass is 421 g/mol. The van der Waals surface area contributed by atoms with Crippen LogP contribution >= 0.6 is 0 Å². The normalized spacial score (nSPS) is 19.9. The van der Waals surface area contributed by atoms with Crippen LogP contribution in [0.1, 0.15) is 76.6 Å². The molecule has 31 heavy (non-hydrogen) atoms. The molecule has 1 aliphatic carbocycles. The van der Waals surface area contributed by atoms with Crippen molar-refractivity contribution in [2.24, 2.45) is 11.8 Å². The minimum Gasteiger partial charge on any atom is -0.352 e. The number of carbonyl (C=O) groups is 1. The van der Waals surface area contributed by atoms with Crippen molar-refractivity contribution in [2.75, 3.05) is 6.54 Å². The Bertz CT molecular complexity index is 896. The molecule has 0 bridgehead atoms. The summed E-state index contributed by atoms with van der Waals surface area (Å²) < 4.78 is 2.02. The second-order valence-corrected chi connectivity index (χ2v) is 8.17. The van der Waals surface area contributed by atoms with Crippen LogP contribution in [0.4, 0.5) is 0 Å². The smallest absolute Gasteiger partial charge is 0.251 e. The number of fused-ring (bicyclic) bond motifs is 1. The Labute approximate surface area is 188 Å². The molecule has 0 saturated heterocycles. The Kier molecular flexibility index (Phi) is 10.3.